The van der Waals surface area contributed by atoms with Gasteiger partial charge in [-0.05, 0) is 127 Å². The molecule has 0 atom stereocenters. The number of halogens is 1. The molecule has 1 fully saturated rings. The zero-order chi connectivity index (χ0) is 74.0. The Morgan fingerprint density at radius 2 is 0.505 bits per heavy atom. The van der Waals surface area contributed by atoms with E-state index >= 15 is 0 Å². The second-order valence-corrected chi connectivity index (χ2v) is 29.8. The topological polar surface area (TPSA) is 95.8 Å². The van der Waals surface area contributed by atoms with Crippen molar-refractivity contribution in [1.29, 1.82) is 0 Å². The molecule has 0 amide bonds. The Labute approximate surface area is 653 Å². The molecule has 0 bridgehead atoms. The summed E-state index contributed by atoms with van der Waals surface area (Å²) in [7, 11) is -0.379. The van der Waals surface area contributed by atoms with Crippen molar-refractivity contribution in [1.82, 2.24) is 29.9 Å². The Balaban J connectivity index is 0.000000124. The molecular formula is C101H74BBrN6O2. The van der Waals surface area contributed by atoms with Crippen LogP contribution in [0.4, 0.5) is 0 Å². The van der Waals surface area contributed by atoms with Crippen LogP contribution in [0.3, 0.4) is 0 Å². The molecule has 0 saturated carbocycles. The largest absolute Gasteiger partial charge is 0.494 e. The Hall–Kier alpha value is -13.0. The van der Waals surface area contributed by atoms with Crippen LogP contribution in [0, 0.1) is 0 Å². The number of pyridine rings is 2. The maximum atomic E-state index is 6.27. The molecule has 1 saturated heterocycles. The summed E-state index contributed by atoms with van der Waals surface area (Å²) in [6, 6.07) is 123. The third kappa shape index (κ3) is 12.8. The fourth-order valence-electron chi connectivity index (χ4n) is 15.8. The molecule has 5 heterocycles. The quantitative estimate of drug-likeness (QED) is 0.0843. The zero-order valence-electron chi connectivity index (χ0n) is 60.9. The molecule has 0 radical (unpaired) electrons. The van der Waals surface area contributed by atoms with Gasteiger partial charge in [-0.1, -0.05) is 347 Å². The van der Waals surface area contributed by atoms with Gasteiger partial charge in [0, 0.05) is 70.9 Å². The molecular weight excluding hydrogens is 1420 g/mol. The Morgan fingerprint density at radius 3 is 0.910 bits per heavy atom. The van der Waals surface area contributed by atoms with Crippen LogP contribution in [0.2, 0.25) is 0 Å². The van der Waals surface area contributed by atoms with Gasteiger partial charge in [0.15, 0.2) is 10.6 Å². The number of rotatable bonds is 8. The third-order valence-corrected chi connectivity index (χ3v) is 22.4. The number of hydrogen-bond donors (Lipinski definition) is 0. The first-order valence-corrected chi connectivity index (χ1v) is 38.1. The van der Waals surface area contributed by atoms with Crippen molar-refractivity contribution >= 4 is 137 Å². The minimum Gasteiger partial charge on any atom is -0.399 e. The molecule has 1 aliphatic heterocycles. The summed E-state index contributed by atoms with van der Waals surface area (Å²) >= 11 is 3.41. The lowest BCUT2D eigenvalue weighted by molar-refractivity contribution is 0.00578. The summed E-state index contributed by atoms with van der Waals surface area (Å²) in [6.07, 6.45) is 0. The van der Waals surface area contributed by atoms with Crippen molar-refractivity contribution in [3.8, 4) is 78.7 Å². The number of benzene rings is 16. The molecule has 4 aromatic heterocycles. The fraction of sp³-hybridized carbons (Fsp3) is 0.0693. The van der Waals surface area contributed by atoms with Crippen molar-refractivity contribution in [2.75, 3.05) is 0 Å². The van der Waals surface area contributed by atoms with Gasteiger partial charge in [0.05, 0.1) is 56.0 Å². The summed E-state index contributed by atoms with van der Waals surface area (Å²) in [5.74, 6) is 0.700. The van der Waals surface area contributed by atoms with E-state index in [9.17, 15) is 0 Å². The van der Waals surface area contributed by atoms with Crippen LogP contribution < -0.4 is 5.46 Å². The highest BCUT2D eigenvalue weighted by Crippen LogP contribution is 2.45. The van der Waals surface area contributed by atoms with Gasteiger partial charge in [-0.25, -0.2) is 29.9 Å². The second kappa shape index (κ2) is 28.9. The lowest BCUT2D eigenvalue weighted by Gasteiger charge is -2.32. The van der Waals surface area contributed by atoms with Crippen LogP contribution >= 0.6 is 15.9 Å². The van der Waals surface area contributed by atoms with Crippen LogP contribution in [-0.2, 0) is 9.31 Å². The van der Waals surface area contributed by atoms with E-state index in [1.165, 1.54) is 86.9 Å². The summed E-state index contributed by atoms with van der Waals surface area (Å²) < 4.78 is 13.2. The average molecular weight is 1490 g/mol. The van der Waals surface area contributed by atoms with E-state index in [0.29, 0.717) is 10.6 Å². The van der Waals surface area contributed by atoms with E-state index in [4.69, 9.17) is 29.2 Å². The minimum atomic E-state index is -0.379. The molecule has 0 aliphatic carbocycles. The molecule has 111 heavy (non-hydrogen) atoms. The molecule has 20 aromatic rings. The van der Waals surface area contributed by atoms with Gasteiger partial charge in [0.2, 0.25) is 0 Å². The van der Waals surface area contributed by atoms with Gasteiger partial charge >= 0.3 is 7.12 Å². The number of para-hydroxylation sites is 2. The van der Waals surface area contributed by atoms with Crippen LogP contribution in [0.5, 0.6) is 0 Å². The Kier molecular flexibility index (Phi) is 18.2. The lowest BCUT2D eigenvalue weighted by Crippen LogP contribution is -2.41. The summed E-state index contributed by atoms with van der Waals surface area (Å²) in [5, 5.41) is 19.0. The first-order chi connectivity index (χ1) is 53.9. The predicted molar refractivity (Wildman–Crippen MR) is 469 cm³/mol. The van der Waals surface area contributed by atoms with Gasteiger partial charge in [-0.15, -0.1) is 0 Å². The van der Waals surface area contributed by atoms with Crippen LogP contribution in [0.15, 0.2) is 357 Å². The van der Waals surface area contributed by atoms with Crippen molar-refractivity contribution in [2.45, 2.75) is 46.3 Å². The molecule has 0 N–H and O–H groups in total. The van der Waals surface area contributed by atoms with E-state index in [-0.39, 0.29) is 25.7 Å². The first kappa shape index (κ1) is 69.8. The highest BCUT2D eigenvalue weighted by Gasteiger charge is 2.51. The first-order valence-electron chi connectivity index (χ1n) is 37.3. The minimum absolute atomic E-state index is 0. The fourth-order valence-corrected chi connectivity index (χ4v) is 16.1. The normalized spacial score (nSPS) is 13.1. The summed E-state index contributed by atoms with van der Waals surface area (Å²) in [4.78, 5) is 30.0. The van der Waals surface area contributed by atoms with E-state index < -0.39 is 0 Å². The Morgan fingerprint density at radius 1 is 0.234 bits per heavy atom. The maximum Gasteiger partial charge on any atom is 0.494 e. The predicted octanol–water partition coefficient (Wildman–Crippen LogP) is 26.3. The molecule has 10 heteroatoms. The molecule has 21 rings (SSSR count). The lowest BCUT2D eigenvalue weighted by atomic mass is 9.78. The van der Waals surface area contributed by atoms with E-state index in [2.05, 4.69) is 369 Å². The van der Waals surface area contributed by atoms with Crippen LogP contribution in [-0.4, -0.2) is 48.2 Å². The number of fused-ring (bicyclic) bond motifs is 18. The number of aromatic nitrogens is 6. The van der Waals surface area contributed by atoms with Crippen molar-refractivity contribution < 1.29 is 9.31 Å². The average Bonchev–Trinajstić information content (AvgIpc) is 1.55. The van der Waals surface area contributed by atoms with Crippen molar-refractivity contribution in [3.05, 3.63) is 357 Å². The van der Waals surface area contributed by atoms with Gasteiger partial charge < -0.3 is 9.31 Å². The standard InChI is InChI=1S/C47H29N3.C33H28BNO2.C20H13BrN2.CH4/c1-2-12-30(13-3-1)31-22-24-33(25-23-31)45-41-20-10-11-21-42(41)48-47(50-45)34-28-26-32(27-29-34)44-40-19-9-7-17-38(40)43-37-16-6-4-14-35(37)36-15-5-8-18-39(36)46(43)49-44;1-32(2)33(3,4)37-34(36-32)22-19-17-21(18-20-22)30-28-16-10-8-14-26(28)29-25-13-7-5-11-23(25)24-12-6-9-15-27(24)31(29)35-30;21-20-22-18-9-5-4-8-17(18)19(23-20)16-12-10-15(11-13-16)14-6-2-1-3-7-14;/h1-29H;5-20H,1-4H3;1-13H;1H4. The van der Waals surface area contributed by atoms with Crippen molar-refractivity contribution in [3.63, 3.8) is 0 Å². The zero-order valence-corrected chi connectivity index (χ0v) is 62.5. The monoisotopic (exact) mass is 1490 g/mol. The van der Waals surface area contributed by atoms with E-state index in [0.717, 1.165) is 99.7 Å². The van der Waals surface area contributed by atoms with Gasteiger partial charge in [0.25, 0.3) is 0 Å². The van der Waals surface area contributed by atoms with Gasteiger partial charge in [-0.2, -0.15) is 0 Å². The summed E-state index contributed by atoms with van der Waals surface area (Å²) in [6.45, 7) is 8.34. The Bertz CT molecular complexity index is 6950. The molecule has 0 unspecified atom stereocenters. The second-order valence-electron chi connectivity index (χ2n) is 29.1. The van der Waals surface area contributed by atoms with Crippen LogP contribution in [0.25, 0.3) is 187 Å². The van der Waals surface area contributed by atoms with E-state index in [1.54, 1.807) is 0 Å². The van der Waals surface area contributed by atoms with E-state index in [1.807, 2.05) is 36.4 Å². The smallest absolute Gasteiger partial charge is 0.399 e. The molecule has 1 aliphatic rings. The SMILES string of the molecule is Brc1nc(-c2ccc(-c3ccccc3)cc2)c2ccccc2n1.C.CC1(C)OB(c2ccc(-c3nc4c5ccccc5c5ccccc5c4c4ccccc34)cc2)OC1(C)C.c1ccc(-c2ccc(-c3nc(-c4ccc(-c5nc6c7ccccc7c7ccccc7c6c6ccccc56)cc4)nc4ccccc34)cc2)cc1. The highest BCUT2D eigenvalue weighted by molar-refractivity contribution is 9.10. The molecule has 8 nitrogen and oxygen atoms in total. The molecule has 16 aromatic carbocycles. The van der Waals surface area contributed by atoms with Crippen LogP contribution in [0.1, 0.15) is 35.1 Å². The number of hydrogen-bond acceptors (Lipinski definition) is 8. The molecule has 0 spiro atoms. The molecule has 530 valence electrons. The van der Waals surface area contributed by atoms with Gasteiger partial charge in [0.1, 0.15) is 0 Å². The highest BCUT2D eigenvalue weighted by atomic mass is 79.9. The summed E-state index contributed by atoms with van der Waals surface area (Å²) in [5.41, 5.74) is 18.1. The van der Waals surface area contributed by atoms with Crippen molar-refractivity contribution in [2.24, 2.45) is 0 Å². The third-order valence-electron chi connectivity index (χ3n) is 22.0. The maximum absolute atomic E-state index is 6.27. The van der Waals surface area contributed by atoms with Gasteiger partial charge in [-0.3, -0.25) is 0 Å². The number of nitrogens with zero attached hydrogens (tertiary/aromatic N) is 6.